The summed E-state index contributed by atoms with van der Waals surface area (Å²) in [6.07, 6.45) is 18.8. The van der Waals surface area contributed by atoms with Gasteiger partial charge in [-0.2, -0.15) is 0 Å². The van der Waals surface area contributed by atoms with E-state index in [-0.39, 0.29) is 43.3 Å². The summed E-state index contributed by atoms with van der Waals surface area (Å²) in [5, 5.41) is 5.07. The third kappa shape index (κ3) is 13.1. The molecule has 3 nitrogen and oxygen atoms in total. The Bertz CT molecular complexity index is 5640. The van der Waals surface area contributed by atoms with Crippen LogP contribution in [0.15, 0.2) is 231 Å². The number of benzene rings is 11. The number of fused-ring (bicyclic) bond motifs is 12. The summed E-state index contributed by atoms with van der Waals surface area (Å²) in [5.74, 6) is 0. The highest BCUT2D eigenvalue weighted by Gasteiger charge is 2.51. The highest BCUT2D eigenvalue weighted by molar-refractivity contribution is 6.11. The summed E-state index contributed by atoms with van der Waals surface area (Å²) < 4.78 is 4.87. The molecule has 2 heterocycles. The second kappa shape index (κ2) is 29.3. The molecule has 0 radical (unpaired) electrons. The molecule has 3 heteroatoms. The van der Waals surface area contributed by atoms with Crippen LogP contribution in [0.4, 0.5) is 0 Å². The molecule has 0 saturated carbocycles. The minimum atomic E-state index is -0.660. The molecular formula is C109H124N2O. The van der Waals surface area contributed by atoms with Crippen LogP contribution in [0.3, 0.4) is 0 Å². The molecule has 112 heavy (non-hydrogen) atoms. The van der Waals surface area contributed by atoms with E-state index in [1.807, 2.05) is 12.1 Å². The van der Waals surface area contributed by atoms with Crippen LogP contribution >= 0.6 is 0 Å². The SMILES string of the molecule is CCCCCCCCC1(CCCCCCCC)c2ccccc2-c2cc3c(cc21)-c1ccccc1C3(c1ccc(C(C)(C)C(C)(C)c2ccc3c(c2)c2cc(C(C)(C)C)ccc2n3-c2ccc(C=O)cc2)cc1)c1ccc(C(C)(C)C(C)(C)c2ccc3c(c2)c2cc(C(C)(C)C)ccc2n3-c2ccc(C(C)(C)C)cc2)cc1. The summed E-state index contributed by atoms with van der Waals surface area (Å²) in [4.78, 5) is 11.9. The number of nitrogens with zero attached hydrogens (tertiary/aromatic N) is 2. The van der Waals surface area contributed by atoms with Gasteiger partial charge in [-0.1, -0.05) is 342 Å². The van der Waals surface area contributed by atoms with E-state index in [2.05, 4.69) is 359 Å². The van der Waals surface area contributed by atoms with Gasteiger partial charge in [0, 0.05) is 43.9 Å². The molecule has 0 fully saturated rings. The van der Waals surface area contributed by atoms with Crippen LogP contribution in [0.25, 0.3) is 77.2 Å². The van der Waals surface area contributed by atoms with Gasteiger partial charge < -0.3 is 9.13 Å². The lowest BCUT2D eigenvalue weighted by atomic mass is 9.60. The Morgan fingerprint density at radius 1 is 0.286 bits per heavy atom. The largest absolute Gasteiger partial charge is 0.309 e. The van der Waals surface area contributed by atoms with Crippen molar-refractivity contribution in [2.24, 2.45) is 0 Å². The maximum absolute atomic E-state index is 11.9. The summed E-state index contributed by atoms with van der Waals surface area (Å²) in [7, 11) is 0. The summed E-state index contributed by atoms with van der Waals surface area (Å²) >= 11 is 0. The Hall–Kier alpha value is -9.31. The van der Waals surface area contributed by atoms with E-state index in [0.29, 0.717) is 5.56 Å². The van der Waals surface area contributed by atoms with Crippen LogP contribution in [0.2, 0.25) is 0 Å². The number of aromatic nitrogens is 2. The topological polar surface area (TPSA) is 26.9 Å². The lowest BCUT2D eigenvalue weighted by molar-refractivity contribution is 0.112. The molecule has 0 spiro atoms. The Balaban J connectivity index is 0.873. The Kier molecular flexibility index (Phi) is 20.4. The fraction of sp³-hybridized carbons (Fsp3) is 0.385. The van der Waals surface area contributed by atoms with E-state index in [9.17, 15) is 4.79 Å². The van der Waals surface area contributed by atoms with Crippen molar-refractivity contribution in [1.29, 1.82) is 0 Å². The standard InChI is InChI=1S/C109H124N2O/c1-20-22-24-26-28-34-64-108(65-35-29-27-25-23-21-2)93-38-32-30-36-85(93)87-71-96-88(70-95(87)108)86-37-31-33-39-94(86)109(96,77-46-42-75(43-47-77)104(12,13)106(16,17)81-54-62-99-91(68-81)89-66-79(102(6,7)8)52-60-97(89)110(99)83-56-40-73(72-112)41-57-83)78-48-44-76(45-49-78)105(14,15)107(18,19)82-55-63-100-92(69-82)90-67-80(103(9,10)11)53-61-98(90)111(100)84-58-50-74(51-59-84)101(3,4)5/h30-33,36-63,66-72H,20-29,34-35,64-65H2,1-19H3. The van der Waals surface area contributed by atoms with Gasteiger partial charge >= 0.3 is 0 Å². The lowest BCUT2D eigenvalue weighted by Crippen LogP contribution is -2.40. The minimum absolute atomic E-state index is 0.00564. The van der Waals surface area contributed by atoms with Crippen molar-refractivity contribution in [3.8, 4) is 33.6 Å². The van der Waals surface area contributed by atoms with Crippen LogP contribution in [0.1, 0.15) is 304 Å². The lowest BCUT2D eigenvalue weighted by Gasteiger charge is -2.44. The van der Waals surface area contributed by atoms with E-state index in [1.54, 1.807) is 11.1 Å². The molecule has 1 atom stereocenters. The Labute approximate surface area is 671 Å². The van der Waals surface area contributed by atoms with Crippen molar-refractivity contribution in [3.63, 3.8) is 0 Å². The van der Waals surface area contributed by atoms with Gasteiger partial charge in [0.25, 0.3) is 0 Å². The second-order valence-corrected chi connectivity index (χ2v) is 39.2. The molecule has 2 aliphatic carbocycles. The molecule has 15 rings (SSSR count). The number of hydrogen-bond donors (Lipinski definition) is 0. The van der Waals surface area contributed by atoms with Crippen LogP contribution in [0, 0.1) is 0 Å². The highest BCUT2D eigenvalue weighted by Crippen LogP contribution is 2.63. The monoisotopic (exact) mass is 1480 g/mol. The average Bonchev–Trinajstić information content (AvgIpc) is 1.51. The van der Waals surface area contributed by atoms with E-state index in [4.69, 9.17) is 0 Å². The number of rotatable bonds is 25. The van der Waals surface area contributed by atoms with Crippen molar-refractivity contribution in [1.82, 2.24) is 9.13 Å². The van der Waals surface area contributed by atoms with Crippen LogP contribution in [-0.2, 0) is 48.7 Å². The summed E-state index contributed by atoms with van der Waals surface area (Å²) in [5.41, 5.74) is 29.0. The van der Waals surface area contributed by atoms with Crippen molar-refractivity contribution in [3.05, 3.63) is 308 Å². The fourth-order valence-electron chi connectivity index (χ4n) is 19.9. The minimum Gasteiger partial charge on any atom is -0.309 e. The first-order valence-corrected chi connectivity index (χ1v) is 42.8. The van der Waals surface area contributed by atoms with Gasteiger partial charge in [-0.25, -0.2) is 0 Å². The molecule has 0 N–H and O–H groups in total. The average molecular weight is 1480 g/mol. The molecule has 13 aromatic rings. The van der Waals surface area contributed by atoms with Crippen molar-refractivity contribution in [2.45, 2.75) is 270 Å². The third-order valence-electron chi connectivity index (χ3n) is 28.5. The van der Waals surface area contributed by atoms with Gasteiger partial charge in [0.2, 0.25) is 0 Å². The number of aldehydes is 1. The number of carbonyl (C=O) groups excluding carboxylic acids is 1. The van der Waals surface area contributed by atoms with Gasteiger partial charge in [0.1, 0.15) is 6.29 Å². The van der Waals surface area contributed by atoms with E-state index in [1.165, 1.54) is 212 Å². The van der Waals surface area contributed by atoms with E-state index >= 15 is 0 Å². The zero-order valence-electron chi connectivity index (χ0n) is 71.2. The zero-order valence-corrected chi connectivity index (χ0v) is 71.2. The number of hydrogen-bond acceptors (Lipinski definition) is 1. The molecule has 576 valence electrons. The van der Waals surface area contributed by atoms with Gasteiger partial charge in [0.15, 0.2) is 0 Å². The summed E-state index contributed by atoms with van der Waals surface area (Å²) in [6, 6.07) is 91.0. The highest BCUT2D eigenvalue weighted by atomic mass is 16.1. The predicted molar refractivity (Wildman–Crippen MR) is 481 cm³/mol. The van der Waals surface area contributed by atoms with Gasteiger partial charge in [-0.05, 0) is 242 Å². The molecule has 0 bridgehead atoms. The number of carbonyl (C=O) groups is 1. The molecule has 2 aliphatic rings. The Morgan fingerprint density at radius 3 is 1.02 bits per heavy atom. The normalized spacial score (nSPS) is 15.2. The van der Waals surface area contributed by atoms with Crippen molar-refractivity contribution in [2.75, 3.05) is 0 Å². The second-order valence-electron chi connectivity index (χ2n) is 39.2. The molecule has 0 amide bonds. The van der Waals surface area contributed by atoms with E-state index < -0.39 is 5.41 Å². The molecule has 0 saturated heterocycles. The zero-order chi connectivity index (χ0) is 79.3. The first-order valence-electron chi connectivity index (χ1n) is 42.8. The molecular weight excluding hydrogens is 1350 g/mol. The smallest absolute Gasteiger partial charge is 0.150 e. The number of unbranched alkanes of at least 4 members (excludes halogenated alkanes) is 10. The van der Waals surface area contributed by atoms with Crippen molar-refractivity contribution < 1.29 is 4.79 Å². The molecule has 11 aromatic carbocycles. The van der Waals surface area contributed by atoms with Gasteiger partial charge in [-0.15, -0.1) is 0 Å². The molecule has 1 unspecified atom stereocenters. The van der Waals surface area contributed by atoms with Crippen LogP contribution in [0.5, 0.6) is 0 Å². The maximum atomic E-state index is 11.9. The van der Waals surface area contributed by atoms with Crippen molar-refractivity contribution >= 4 is 49.9 Å². The van der Waals surface area contributed by atoms with Crippen LogP contribution < -0.4 is 0 Å². The Morgan fingerprint density at radius 2 is 0.607 bits per heavy atom. The quantitative estimate of drug-likeness (QED) is 0.0414. The van der Waals surface area contributed by atoms with E-state index in [0.717, 1.165) is 23.0 Å². The van der Waals surface area contributed by atoms with Gasteiger partial charge in [0.05, 0.1) is 27.5 Å². The van der Waals surface area contributed by atoms with Crippen LogP contribution in [-0.4, -0.2) is 15.4 Å². The van der Waals surface area contributed by atoms with Gasteiger partial charge in [-0.3, -0.25) is 4.79 Å². The first-order chi connectivity index (χ1) is 53.3. The molecule has 0 aliphatic heterocycles. The third-order valence-corrected chi connectivity index (χ3v) is 28.5. The summed E-state index contributed by atoms with van der Waals surface area (Å²) in [6.45, 7) is 45.3. The predicted octanol–water partition coefficient (Wildman–Crippen LogP) is 30.2. The first kappa shape index (κ1) is 78.0. The fourth-order valence-corrected chi connectivity index (χ4v) is 19.9. The maximum Gasteiger partial charge on any atom is 0.150 e. The molecule has 2 aromatic heterocycles.